The number of nitrogens with one attached hydrogen (secondary N) is 1. The monoisotopic (exact) mass is 495 g/mol. The molecule has 2 aliphatic rings. The zero-order valence-electron chi connectivity index (χ0n) is 19.6. The molecule has 7 nitrogen and oxygen atoms in total. The number of anilines is 1. The van der Waals surface area contributed by atoms with E-state index in [-0.39, 0.29) is 7.33 Å². The van der Waals surface area contributed by atoms with Gasteiger partial charge in [0.05, 0.1) is 18.1 Å². The van der Waals surface area contributed by atoms with Crippen molar-refractivity contribution in [2.24, 2.45) is 0 Å². The van der Waals surface area contributed by atoms with Gasteiger partial charge in [0.2, 0.25) is 0 Å². The number of rotatable bonds is 6. The number of nitrogens with zero attached hydrogens (tertiary/aromatic N) is 2. The van der Waals surface area contributed by atoms with E-state index in [0.717, 1.165) is 26.1 Å². The summed E-state index contributed by atoms with van der Waals surface area (Å²) in [5, 5.41) is 2.89. The van der Waals surface area contributed by atoms with Gasteiger partial charge in [-0.2, -0.15) is 4.31 Å². The summed E-state index contributed by atoms with van der Waals surface area (Å²) in [5.41, 5.74) is 5.20. The lowest BCUT2D eigenvalue weighted by molar-refractivity contribution is 0.0685. The third-order valence-corrected chi connectivity index (χ3v) is 8.58. The topological polar surface area (TPSA) is 85.3 Å². The van der Waals surface area contributed by atoms with E-state index in [0.29, 0.717) is 42.4 Å². The summed E-state index contributed by atoms with van der Waals surface area (Å²) in [6.45, 7) is 4.75. The van der Waals surface area contributed by atoms with Crippen LogP contribution in [-0.4, -0.2) is 57.1 Å². The Kier molecular flexibility index (Phi) is 7.19. The van der Waals surface area contributed by atoms with E-state index in [2.05, 4.69) is 34.5 Å². The van der Waals surface area contributed by atoms with Crippen molar-refractivity contribution in [2.45, 2.75) is 24.4 Å². The van der Waals surface area contributed by atoms with Crippen LogP contribution < -0.4 is 5.32 Å². The summed E-state index contributed by atoms with van der Waals surface area (Å²) < 4.78 is 28.3. The molecule has 5 rings (SSSR count). The molecule has 0 saturated carbocycles. The zero-order valence-corrected chi connectivity index (χ0v) is 20.4. The number of hydrogen-bond acceptors (Lipinski definition) is 6. The van der Waals surface area contributed by atoms with Gasteiger partial charge in [0, 0.05) is 45.4 Å². The van der Waals surface area contributed by atoms with Gasteiger partial charge in [0.15, 0.2) is 0 Å². The molecule has 0 aromatic heterocycles. The lowest BCUT2D eigenvalue weighted by Gasteiger charge is -2.44. The Bertz CT molecular complexity index is 1170. The number of carbonyl (C=O) groups is 1. The average molecular weight is 496 g/mol. The highest BCUT2D eigenvalue weighted by Crippen LogP contribution is 2.51. The fourth-order valence-electron chi connectivity index (χ4n) is 4.58. The number of amides is 1. The van der Waals surface area contributed by atoms with Gasteiger partial charge >= 0.3 is 0 Å². The number of morpholine rings is 1. The van der Waals surface area contributed by atoms with E-state index in [1.807, 2.05) is 24.3 Å². The quantitative estimate of drug-likeness (QED) is 0.441. The molecule has 3 aromatic rings. The maximum absolute atomic E-state index is 12.7. The van der Waals surface area contributed by atoms with Crippen molar-refractivity contribution < 1.29 is 20.1 Å². The largest absolute Gasteiger partial charge is 0.379 e. The molecule has 0 aliphatic carbocycles. The molecule has 0 atom stereocenters. The minimum atomic E-state index is -3.06. The summed E-state index contributed by atoms with van der Waals surface area (Å²) in [7, 11) is -3.06. The Balaban J connectivity index is 0.00000304. The second kappa shape index (κ2) is 10.5. The van der Waals surface area contributed by atoms with Crippen molar-refractivity contribution in [1.82, 2.24) is 9.21 Å². The number of carbonyl (C=O) groups excluding carboxylic acids is 1. The highest BCUT2D eigenvalue weighted by atomic mass is 32.3. The lowest BCUT2D eigenvalue weighted by atomic mass is 9.99. The maximum atomic E-state index is 12.7. The molecule has 35 heavy (non-hydrogen) atoms. The van der Waals surface area contributed by atoms with Crippen molar-refractivity contribution in [2.75, 3.05) is 38.2 Å². The lowest BCUT2D eigenvalue weighted by Crippen LogP contribution is -2.38. The van der Waals surface area contributed by atoms with E-state index >= 15 is 0 Å². The standard InChI is InChI=1S/C27H31N3O4S.H2/c31-27(28-25-9-11-26(12-10-25)35(32,33)30-15-17-34-18-16-30)23-7-5-21(6-8-23)19-29-14-13-22-3-1-2-4-24(22)20-29;/h1-12,32-33H,13-20H2,(H,28,31);1H. The van der Waals surface area contributed by atoms with Gasteiger partial charge in [-0.25, -0.2) is 0 Å². The SMILES string of the molecule is O=C(Nc1ccc(S(O)(O)N2CCOCC2)cc1)c1ccc(CN2CCc3ccccc3C2)cc1.[HH]. The van der Waals surface area contributed by atoms with Crippen LogP contribution in [0, 0.1) is 0 Å². The molecule has 3 N–H and O–H groups in total. The molecule has 0 radical (unpaired) electrons. The van der Waals surface area contributed by atoms with Crippen molar-refractivity contribution in [3.05, 3.63) is 95.1 Å². The highest BCUT2D eigenvalue weighted by molar-refractivity contribution is 8.22. The first kappa shape index (κ1) is 24.0. The van der Waals surface area contributed by atoms with Crippen LogP contribution in [0.1, 0.15) is 28.5 Å². The second-order valence-electron chi connectivity index (χ2n) is 8.96. The van der Waals surface area contributed by atoms with Gasteiger partial charge in [0.1, 0.15) is 0 Å². The van der Waals surface area contributed by atoms with Crippen molar-refractivity contribution >= 4 is 22.4 Å². The van der Waals surface area contributed by atoms with Gasteiger partial charge in [0.25, 0.3) is 5.91 Å². The highest BCUT2D eigenvalue weighted by Gasteiger charge is 2.27. The third-order valence-electron chi connectivity index (χ3n) is 6.59. The summed E-state index contributed by atoms with van der Waals surface area (Å²) in [6.07, 6.45) is 1.07. The molecule has 0 unspecified atom stereocenters. The first-order valence-corrected chi connectivity index (χ1v) is 13.4. The van der Waals surface area contributed by atoms with Gasteiger partial charge < -0.3 is 10.1 Å². The average Bonchev–Trinajstić information content (AvgIpc) is 2.90. The van der Waals surface area contributed by atoms with Crippen LogP contribution >= 0.6 is 10.8 Å². The van der Waals surface area contributed by atoms with Gasteiger partial charge in [-0.05, 0) is 59.5 Å². The molecule has 0 bridgehead atoms. The normalized spacial score (nSPS) is 17.5. The minimum absolute atomic E-state index is 0. The Labute approximate surface area is 209 Å². The van der Waals surface area contributed by atoms with E-state index in [4.69, 9.17) is 4.74 Å². The summed E-state index contributed by atoms with van der Waals surface area (Å²) in [5.74, 6) is -0.198. The van der Waals surface area contributed by atoms with E-state index in [1.54, 1.807) is 28.6 Å². The molecular weight excluding hydrogens is 462 g/mol. The molecule has 8 heteroatoms. The van der Waals surface area contributed by atoms with E-state index in [9.17, 15) is 13.9 Å². The number of hydrogen-bond donors (Lipinski definition) is 3. The molecule has 186 valence electrons. The molecule has 2 aliphatic heterocycles. The van der Waals surface area contributed by atoms with Gasteiger partial charge in [-0.3, -0.25) is 18.8 Å². The Hall–Kier alpha value is -2.72. The second-order valence-corrected chi connectivity index (χ2v) is 11.0. The van der Waals surface area contributed by atoms with Crippen molar-refractivity contribution in [3.8, 4) is 0 Å². The van der Waals surface area contributed by atoms with Gasteiger partial charge in [-0.15, -0.1) is 10.8 Å². The molecule has 1 fully saturated rings. The molecule has 3 aromatic carbocycles. The number of ether oxygens (including phenoxy) is 1. The first-order chi connectivity index (χ1) is 17.0. The zero-order chi connectivity index (χ0) is 24.3. The smallest absolute Gasteiger partial charge is 0.255 e. The Morgan fingerprint density at radius 3 is 2.31 bits per heavy atom. The molecule has 2 heterocycles. The van der Waals surface area contributed by atoms with Crippen LogP contribution in [0.3, 0.4) is 0 Å². The van der Waals surface area contributed by atoms with E-state index < -0.39 is 10.8 Å². The molecule has 1 amide bonds. The van der Waals surface area contributed by atoms with Crippen LogP contribution in [0.25, 0.3) is 0 Å². The molecule has 1 saturated heterocycles. The van der Waals surface area contributed by atoms with E-state index in [1.165, 1.54) is 16.7 Å². The fourth-order valence-corrected chi connectivity index (χ4v) is 6.04. The fraction of sp³-hybridized carbons (Fsp3) is 0.296. The van der Waals surface area contributed by atoms with Crippen molar-refractivity contribution in [1.29, 1.82) is 0 Å². The first-order valence-electron chi connectivity index (χ1n) is 11.9. The number of fused-ring (bicyclic) bond motifs is 1. The molecular formula is C27H33N3O4S. The maximum Gasteiger partial charge on any atom is 0.255 e. The van der Waals surface area contributed by atoms with Crippen LogP contribution in [0.15, 0.2) is 77.7 Å². The number of benzene rings is 3. The molecule has 0 spiro atoms. The van der Waals surface area contributed by atoms with Crippen LogP contribution in [0.2, 0.25) is 0 Å². The summed E-state index contributed by atoms with van der Waals surface area (Å²) in [6, 6.07) is 23.0. The van der Waals surface area contributed by atoms with Crippen LogP contribution in [-0.2, 0) is 24.2 Å². The third kappa shape index (κ3) is 5.59. The van der Waals surface area contributed by atoms with Crippen LogP contribution in [0.5, 0.6) is 0 Å². The Morgan fingerprint density at radius 1 is 0.914 bits per heavy atom. The predicted molar refractivity (Wildman–Crippen MR) is 141 cm³/mol. The predicted octanol–water partition coefficient (Wildman–Crippen LogP) is 5.10. The summed E-state index contributed by atoms with van der Waals surface area (Å²) >= 11 is 0. The van der Waals surface area contributed by atoms with Gasteiger partial charge in [-0.1, -0.05) is 36.4 Å². The van der Waals surface area contributed by atoms with Crippen molar-refractivity contribution in [3.63, 3.8) is 0 Å². The van der Waals surface area contributed by atoms with Crippen LogP contribution in [0.4, 0.5) is 5.69 Å². The summed E-state index contributed by atoms with van der Waals surface area (Å²) in [4.78, 5) is 15.6. The minimum Gasteiger partial charge on any atom is -0.379 e. The Morgan fingerprint density at radius 2 is 1.60 bits per heavy atom.